The van der Waals surface area contributed by atoms with E-state index in [1.165, 1.54) is 4.90 Å². The lowest BCUT2D eigenvalue weighted by Crippen LogP contribution is -2.50. The van der Waals surface area contributed by atoms with Crippen LogP contribution in [0.25, 0.3) is 0 Å². The summed E-state index contributed by atoms with van der Waals surface area (Å²) in [5, 5.41) is 14.9. The van der Waals surface area contributed by atoms with E-state index >= 15 is 0 Å². The van der Waals surface area contributed by atoms with E-state index in [9.17, 15) is 24.3 Å². The Morgan fingerprint density at radius 2 is 1.71 bits per heavy atom. The van der Waals surface area contributed by atoms with E-state index in [-0.39, 0.29) is 19.4 Å². The molecule has 2 unspecified atom stereocenters. The van der Waals surface area contributed by atoms with Gasteiger partial charge >= 0.3 is 24.0 Å². The monoisotopic (exact) mass is 491 g/mol. The van der Waals surface area contributed by atoms with Crippen LogP contribution in [0.4, 0.5) is 4.79 Å². The minimum absolute atomic E-state index is 0.0698. The summed E-state index contributed by atoms with van der Waals surface area (Å²) in [5.74, 6) is -2.35. The van der Waals surface area contributed by atoms with Gasteiger partial charge in [0.25, 0.3) is 0 Å². The molecule has 0 saturated carbocycles. The summed E-state index contributed by atoms with van der Waals surface area (Å²) in [5.41, 5.74) is 0.946. The number of hydrogen-bond acceptors (Lipinski definition) is 9. The van der Waals surface area contributed by atoms with E-state index in [4.69, 9.17) is 14.2 Å². The first kappa shape index (κ1) is 26.4. The zero-order valence-corrected chi connectivity index (χ0v) is 20.3. The van der Waals surface area contributed by atoms with Crippen LogP contribution in [0.5, 0.6) is 0 Å². The highest BCUT2D eigenvalue weighted by Crippen LogP contribution is 2.32. The van der Waals surface area contributed by atoms with Crippen LogP contribution in [0.15, 0.2) is 36.5 Å². The van der Waals surface area contributed by atoms with Crippen molar-refractivity contribution in [3.63, 3.8) is 0 Å². The van der Waals surface area contributed by atoms with Gasteiger partial charge in [-0.05, 0) is 44.8 Å². The Morgan fingerprint density at radius 3 is 2.26 bits per heavy atom. The van der Waals surface area contributed by atoms with Crippen LogP contribution in [0.2, 0.25) is 0 Å². The van der Waals surface area contributed by atoms with Gasteiger partial charge in [0.05, 0.1) is 6.04 Å². The van der Waals surface area contributed by atoms with Crippen LogP contribution >= 0.6 is 0 Å². The van der Waals surface area contributed by atoms with Gasteiger partial charge < -0.3 is 24.6 Å². The summed E-state index contributed by atoms with van der Waals surface area (Å²) >= 11 is 0. The summed E-state index contributed by atoms with van der Waals surface area (Å²) in [6.45, 7) is 17.0. The highest BCUT2D eigenvalue weighted by molar-refractivity contribution is 5.84. The number of rotatable bonds is 6. The molecule has 0 aromatic carbocycles. The van der Waals surface area contributed by atoms with Crippen molar-refractivity contribution in [1.82, 2.24) is 15.5 Å². The Bertz CT molecular complexity index is 953. The smallest absolute Gasteiger partial charge is 0.411 e. The van der Waals surface area contributed by atoms with Crippen molar-refractivity contribution in [3.8, 4) is 0 Å². The predicted molar refractivity (Wildman–Crippen MR) is 124 cm³/mol. The Balaban J connectivity index is 1.73. The van der Waals surface area contributed by atoms with E-state index in [2.05, 4.69) is 30.4 Å². The summed E-state index contributed by atoms with van der Waals surface area (Å²) in [7, 11) is 0. The number of carbonyl (C=O) groups excluding carboxylic acids is 3. The second-order valence-electron chi connectivity index (χ2n) is 10.0. The standard InChI is InChI=1S/C24H33N3O8/c1-12-7-16(25-10-12)21(30)33-11-18-13(2)9-17(27(18)23(32)35-24(4,5)6)22(31)34-19-14(3)8-15(26-19)20(28)29/h15-19,25-26H,1-3,7-11H2,4-6H3,(H,28,29)/t15-,16-,17-,18?,19?/m0/s1. The van der Waals surface area contributed by atoms with Crippen LogP contribution < -0.4 is 10.6 Å². The number of likely N-dealkylation sites (tertiary alicyclic amines) is 1. The van der Waals surface area contributed by atoms with E-state index in [1.54, 1.807) is 20.8 Å². The average Bonchev–Trinajstić information content (AvgIpc) is 3.42. The molecule has 11 nitrogen and oxygen atoms in total. The molecule has 35 heavy (non-hydrogen) atoms. The number of amides is 1. The fourth-order valence-corrected chi connectivity index (χ4v) is 4.19. The van der Waals surface area contributed by atoms with Crippen molar-refractivity contribution in [3.05, 3.63) is 36.5 Å². The second kappa shape index (κ2) is 10.2. The Morgan fingerprint density at radius 1 is 1.03 bits per heavy atom. The van der Waals surface area contributed by atoms with Gasteiger partial charge in [0, 0.05) is 13.0 Å². The molecular weight excluding hydrogens is 458 g/mol. The highest BCUT2D eigenvalue weighted by Gasteiger charge is 2.48. The predicted octanol–water partition coefficient (Wildman–Crippen LogP) is 1.25. The van der Waals surface area contributed by atoms with Gasteiger partial charge in [-0.1, -0.05) is 25.3 Å². The Kier molecular flexibility index (Phi) is 7.71. The molecular formula is C24H33N3O8. The normalized spacial score (nSPS) is 28.8. The second-order valence-corrected chi connectivity index (χ2v) is 10.0. The third kappa shape index (κ3) is 6.29. The minimum atomic E-state index is -1.09. The Hall–Kier alpha value is -3.18. The molecule has 0 bridgehead atoms. The topological polar surface area (TPSA) is 143 Å². The minimum Gasteiger partial charge on any atom is -0.480 e. The number of carbonyl (C=O) groups is 4. The van der Waals surface area contributed by atoms with Crippen molar-refractivity contribution in [2.24, 2.45) is 0 Å². The van der Waals surface area contributed by atoms with Crippen LogP contribution in [-0.2, 0) is 28.6 Å². The lowest BCUT2D eigenvalue weighted by atomic mass is 10.1. The Labute approximate surface area is 204 Å². The molecule has 11 heteroatoms. The van der Waals surface area contributed by atoms with Gasteiger partial charge in [-0.15, -0.1) is 0 Å². The molecule has 0 radical (unpaired) electrons. The zero-order chi connectivity index (χ0) is 26.1. The van der Waals surface area contributed by atoms with Gasteiger partial charge in [0.1, 0.15) is 30.3 Å². The van der Waals surface area contributed by atoms with Crippen LogP contribution in [0, 0.1) is 0 Å². The molecule has 3 aliphatic rings. The fraction of sp³-hybridized carbons (Fsp3) is 0.583. The first-order valence-corrected chi connectivity index (χ1v) is 11.4. The number of esters is 2. The molecule has 3 N–H and O–H groups in total. The molecule has 3 fully saturated rings. The number of hydrogen-bond donors (Lipinski definition) is 3. The number of carboxylic acid groups (broad SMARTS) is 1. The maximum Gasteiger partial charge on any atom is 0.411 e. The number of aliphatic carboxylic acids is 1. The molecule has 0 spiro atoms. The molecule has 3 saturated heterocycles. The van der Waals surface area contributed by atoms with E-state index < -0.39 is 60.0 Å². The molecule has 0 aromatic heterocycles. The van der Waals surface area contributed by atoms with Gasteiger partial charge in [-0.2, -0.15) is 0 Å². The molecule has 5 atom stereocenters. The lowest BCUT2D eigenvalue weighted by molar-refractivity contribution is -0.155. The van der Waals surface area contributed by atoms with E-state index in [1.807, 2.05) is 0 Å². The summed E-state index contributed by atoms with van der Waals surface area (Å²) in [6, 6.07) is -3.34. The van der Waals surface area contributed by atoms with Crippen molar-refractivity contribution < 1.29 is 38.5 Å². The van der Waals surface area contributed by atoms with E-state index in [0.29, 0.717) is 24.1 Å². The zero-order valence-electron chi connectivity index (χ0n) is 20.3. The molecule has 3 heterocycles. The van der Waals surface area contributed by atoms with Gasteiger partial charge in [0.2, 0.25) is 0 Å². The SMILES string of the molecule is C=C1CN[C@H](C(=O)OCC2C(=C)C[C@@H](C(=O)OC3N[C@H](C(=O)O)CC3=C)N2C(=O)OC(C)(C)C)C1. The maximum absolute atomic E-state index is 13.1. The van der Waals surface area contributed by atoms with Crippen molar-refractivity contribution in [1.29, 1.82) is 0 Å². The molecule has 0 aliphatic carbocycles. The first-order chi connectivity index (χ1) is 16.3. The van der Waals surface area contributed by atoms with Crippen LogP contribution in [-0.4, -0.2) is 83.2 Å². The number of ether oxygens (including phenoxy) is 3. The van der Waals surface area contributed by atoms with Crippen LogP contribution in [0.1, 0.15) is 40.0 Å². The molecule has 1 amide bonds. The number of carboxylic acids is 1. The first-order valence-electron chi connectivity index (χ1n) is 11.4. The fourth-order valence-electron chi connectivity index (χ4n) is 4.19. The highest BCUT2D eigenvalue weighted by atomic mass is 16.6. The number of nitrogens with zero attached hydrogens (tertiary/aromatic N) is 1. The van der Waals surface area contributed by atoms with Crippen LogP contribution in [0.3, 0.4) is 0 Å². The average molecular weight is 492 g/mol. The van der Waals surface area contributed by atoms with Crippen molar-refractivity contribution in [2.75, 3.05) is 13.2 Å². The maximum atomic E-state index is 13.1. The molecule has 3 rings (SSSR count). The third-order valence-corrected chi connectivity index (χ3v) is 5.96. The summed E-state index contributed by atoms with van der Waals surface area (Å²) in [4.78, 5) is 51.1. The van der Waals surface area contributed by atoms with Gasteiger partial charge in [0.15, 0.2) is 6.23 Å². The lowest BCUT2D eigenvalue weighted by Gasteiger charge is -2.32. The largest absolute Gasteiger partial charge is 0.480 e. The molecule has 192 valence electrons. The third-order valence-electron chi connectivity index (χ3n) is 5.96. The van der Waals surface area contributed by atoms with Crippen molar-refractivity contribution in [2.45, 2.75) is 76.0 Å². The van der Waals surface area contributed by atoms with E-state index in [0.717, 1.165) is 5.57 Å². The quantitative estimate of drug-likeness (QED) is 0.282. The van der Waals surface area contributed by atoms with Gasteiger partial charge in [-0.25, -0.2) is 9.59 Å². The van der Waals surface area contributed by atoms with Gasteiger partial charge in [-0.3, -0.25) is 19.8 Å². The summed E-state index contributed by atoms with van der Waals surface area (Å²) in [6.07, 6.45) is -1.14. The molecule has 0 aromatic rings. The summed E-state index contributed by atoms with van der Waals surface area (Å²) < 4.78 is 16.4. The number of nitrogens with one attached hydrogen (secondary N) is 2. The van der Waals surface area contributed by atoms with Crippen molar-refractivity contribution >= 4 is 24.0 Å². The molecule has 3 aliphatic heterocycles.